The van der Waals surface area contributed by atoms with Crippen molar-refractivity contribution in [2.45, 2.75) is 24.2 Å². The van der Waals surface area contributed by atoms with Crippen molar-refractivity contribution in [1.29, 1.82) is 0 Å². The van der Waals surface area contributed by atoms with Crippen LogP contribution in [0, 0.1) is 11.3 Å². The number of nitrogens with one attached hydrogen (secondary N) is 1. The molecule has 1 saturated carbocycles. The molecule has 9 heteroatoms. The number of amides is 1. The van der Waals surface area contributed by atoms with E-state index in [1.807, 2.05) is 0 Å². The molecule has 1 spiro atoms. The molecule has 2 aliphatic rings. The minimum absolute atomic E-state index is 0.0926. The van der Waals surface area contributed by atoms with E-state index in [1.54, 1.807) is 4.90 Å². The zero-order valence-electron chi connectivity index (χ0n) is 15.2. The molecule has 1 saturated heterocycles. The molecule has 1 amide bonds. The summed E-state index contributed by atoms with van der Waals surface area (Å²) in [5, 5.41) is 9.14. The highest BCUT2D eigenvalue weighted by Gasteiger charge is 2.59. The number of hydrogen-bond donors (Lipinski definition) is 2. The van der Waals surface area contributed by atoms with Crippen LogP contribution in [0.2, 0.25) is 0 Å². The quantitative estimate of drug-likeness (QED) is 0.663. The molecular weight excluding hydrogens is 372 g/mol. The Bertz CT molecular complexity index is 813. The molecule has 1 heterocycles. The van der Waals surface area contributed by atoms with E-state index in [-0.39, 0.29) is 35.3 Å². The van der Waals surface area contributed by atoms with Crippen LogP contribution in [-0.4, -0.2) is 63.7 Å². The second-order valence-electron chi connectivity index (χ2n) is 7.16. The number of methoxy groups -OCH3 is 1. The first-order chi connectivity index (χ1) is 12.8. The van der Waals surface area contributed by atoms with Gasteiger partial charge in [-0.25, -0.2) is 13.1 Å². The number of hydrogen-bond acceptors (Lipinski definition) is 5. The van der Waals surface area contributed by atoms with Gasteiger partial charge in [-0.3, -0.25) is 9.59 Å². The van der Waals surface area contributed by atoms with Gasteiger partial charge in [-0.1, -0.05) is 0 Å². The average Bonchev–Trinajstić information content (AvgIpc) is 3.36. The molecule has 0 aromatic heterocycles. The lowest BCUT2D eigenvalue weighted by Gasteiger charge is -2.32. The summed E-state index contributed by atoms with van der Waals surface area (Å²) >= 11 is 0. The number of piperidine rings is 1. The van der Waals surface area contributed by atoms with Gasteiger partial charge in [0.25, 0.3) is 5.91 Å². The fourth-order valence-corrected chi connectivity index (χ4v) is 4.74. The van der Waals surface area contributed by atoms with Crippen molar-refractivity contribution < 1.29 is 27.9 Å². The molecule has 27 heavy (non-hydrogen) atoms. The lowest BCUT2D eigenvalue weighted by Crippen LogP contribution is -2.40. The van der Waals surface area contributed by atoms with E-state index < -0.39 is 16.0 Å². The van der Waals surface area contributed by atoms with Crippen LogP contribution in [0.4, 0.5) is 0 Å². The number of carbonyl (C=O) groups excluding carboxylic acids is 1. The number of rotatable bonds is 7. The second kappa shape index (κ2) is 7.57. The zero-order valence-corrected chi connectivity index (χ0v) is 16.0. The maximum Gasteiger partial charge on any atom is 0.307 e. The van der Waals surface area contributed by atoms with Gasteiger partial charge in [-0.05, 0) is 48.9 Å². The van der Waals surface area contributed by atoms with Crippen molar-refractivity contribution in [3.63, 3.8) is 0 Å². The highest BCUT2D eigenvalue weighted by molar-refractivity contribution is 7.89. The third-order valence-corrected chi connectivity index (χ3v) is 7.02. The van der Waals surface area contributed by atoms with Crippen LogP contribution in [0.15, 0.2) is 29.2 Å². The molecule has 1 atom stereocenters. The van der Waals surface area contributed by atoms with Crippen molar-refractivity contribution in [2.75, 3.05) is 33.4 Å². The van der Waals surface area contributed by atoms with E-state index in [9.17, 15) is 18.0 Å². The lowest BCUT2D eigenvalue weighted by molar-refractivity contribution is -0.139. The van der Waals surface area contributed by atoms with Gasteiger partial charge in [0.2, 0.25) is 10.0 Å². The van der Waals surface area contributed by atoms with Gasteiger partial charge in [0.1, 0.15) is 0 Å². The van der Waals surface area contributed by atoms with Crippen LogP contribution in [0.3, 0.4) is 0 Å². The predicted octanol–water partition coefficient (Wildman–Crippen LogP) is 0.938. The van der Waals surface area contributed by atoms with E-state index in [0.29, 0.717) is 37.9 Å². The maximum absolute atomic E-state index is 12.6. The van der Waals surface area contributed by atoms with E-state index in [0.717, 1.165) is 0 Å². The second-order valence-corrected chi connectivity index (χ2v) is 8.93. The van der Waals surface area contributed by atoms with Crippen molar-refractivity contribution in [1.82, 2.24) is 9.62 Å². The predicted molar refractivity (Wildman–Crippen MR) is 96.8 cm³/mol. The summed E-state index contributed by atoms with van der Waals surface area (Å²) in [5.41, 5.74) is 0.293. The molecular formula is C18H24N2O6S. The topological polar surface area (TPSA) is 113 Å². The van der Waals surface area contributed by atoms with Crippen molar-refractivity contribution in [3.8, 4) is 0 Å². The average molecular weight is 396 g/mol. The molecule has 1 unspecified atom stereocenters. The minimum atomic E-state index is -3.63. The summed E-state index contributed by atoms with van der Waals surface area (Å²) in [6.07, 6.45) is 2.10. The Labute approximate surface area is 158 Å². The number of carboxylic acid groups (broad SMARTS) is 1. The first kappa shape index (κ1) is 19.8. The molecule has 3 rings (SSSR count). The fourth-order valence-electron chi connectivity index (χ4n) is 3.73. The lowest BCUT2D eigenvalue weighted by atomic mass is 9.90. The third-order valence-electron chi connectivity index (χ3n) is 5.54. The summed E-state index contributed by atoms with van der Waals surface area (Å²) in [6, 6.07) is 5.84. The van der Waals surface area contributed by atoms with Crippen LogP contribution in [0.5, 0.6) is 0 Å². The van der Waals surface area contributed by atoms with Gasteiger partial charge >= 0.3 is 5.97 Å². The Hall–Kier alpha value is -1.97. The molecule has 0 bridgehead atoms. The molecule has 2 N–H and O–H groups in total. The molecule has 0 radical (unpaired) electrons. The molecule has 2 fully saturated rings. The van der Waals surface area contributed by atoms with Gasteiger partial charge in [0.05, 0.1) is 17.4 Å². The maximum atomic E-state index is 12.6. The summed E-state index contributed by atoms with van der Waals surface area (Å²) in [6.45, 7) is 1.50. The number of carbonyl (C=O) groups is 2. The number of likely N-dealkylation sites (tertiary alicyclic amines) is 1. The Morgan fingerprint density at radius 2 is 1.89 bits per heavy atom. The molecule has 1 aromatic rings. The van der Waals surface area contributed by atoms with E-state index in [4.69, 9.17) is 9.84 Å². The van der Waals surface area contributed by atoms with Crippen LogP contribution in [0.1, 0.15) is 29.6 Å². The largest absolute Gasteiger partial charge is 0.481 e. The first-order valence-corrected chi connectivity index (χ1v) is 10.4. The SMILES string of the molecule is COCCNS(=O)(=O)c1ccc(C(=O)N2CCC3(CC2)CC3C(=O)O)cc1. The number of aliphatic carboxylic acids is 1. The van der Waals surface area contributed by atoms with Gasteiger partial charge in [-0.2, -0.15) is 0 Å². The smallest absolute Gasteiger partial charge is 0.307 e. The minimum Gasteiger partial charge on any atom is -0.481 e. The van der Waals surface area contributed by atoms with Crippen molar-refractivity contribution in [3.05, 3.63) is 29.8 Å². The van der Waals surface area contributed by atoms with Gasteiger partial charge < -0.3 is 14.7 Å². The van der Waals surface area contributed by atoms with E-state index >= 15 is 0 Å². The van der Waals surface area contributed by atoms with Crippen LogP contribution < -0.4 is 4.72 Å². The van der Waals surface area contributed by atoms with E-state index in [2.05, 4.69) is 4.72 Å². The Morgan fingerprint density at radius 3 is 2.41 bits per heavy atom. The molecule has 1 aliphatic carbocycles. The standard InChI is InChI=1S/C18H24N2O6S/c1-26-11-8-19-27(24,25)14-4-2-13(3-5-14)16(21)20-9-6-18(7-10-20)12-15(18)17(22)23/h2-5,15,19H,6-12H2,1H3,(H,22,23). The van der Waals surface area contributed by atoms with Crippen LogP contribution >= 0.6 is 0 Å². The number of benzene rings is 1. The number of nitrogens with zero attached hydrogens (tertiary/aromatic N) is 1. The highest BCUT2D eigenvalue weighted by atomic mass is 32.2. The van der Waals surface area contributed by atoms with Crippen LogP contribution in [-0.2, 0) is 19.6 Å². The molecule has 8 nitrogen and oxygen atoms in total. The number of carboxylic acids is 1. The van der Waals surface area contributed by atoms with Gasteiger partial charge in [0.15, 0.2) is 0 Å². The number of sulfonamides is 1. The first-order valence-electron chi connectivity index (χ1n) is 8.90. The summed E-state index contributed by atoms with van der Waals surface area (Å²) in [5.74, 6) is -1.18. The highest BCUT2D eigenvalue weighted by Crippen LogP contribution is 2.59. The van der Waals surface area contributed by atoms with E-state index in [1.165, 1.54) is 31.4 Å². The zero-order chi connectivity index (χ0) is 19.7. The Kier molecular flexibility index (Phi) is 5.55. The molecule has 1 aliphatic heterocycles. The van der Waals surface area contributed by atoms with Crippen LogP contribution in [0.25, 0.3) is 0 Å². The number of ether oxygens (including phenoxy) is 1. The van der Waals surface area contributed by atoms with Gasteiger partial charge in [-0.15, -0.1) is 0 Å². The monoisotopic (exact) mass is 396 g/mol. The Morgan fingerprint density at radius 1 is 1.26 bits per heavy atom. The third kappa shape index (κ3) is 4.15. The van der Waals surface area contributed by atoms with Crippen molar-refractivity contribution >= 4 is 21.9 Å². The Balaban J connectivity index is 1.59. The molecule has 148 valence electrons. The van der Waals surface area contributed by atoms with Gasteiger partial charge in [0, 0.05) is 32.3 Å². The van der Waals surface area contributed by atoms with Crippen molar-refractivity contribution in [2.24, 2.45) is 11.3 Å². The summed E-state index contributed by atoms with van der Waals surface area (Å²) in [7, 11) is -2.14. The molecule has 1 aromatic carbocycles. The summed E-state index contributed by atoms with van der Waals surface area (Å²) < 4.78 is 31.5. The normalized spacial score (nSPS) is 21.2. The fraction of sp³-hybridized carbons (Fsp3) is 0.556. The summed E-state index contributed by atoms with van der Waals surface area (Å²) in [4.78, 5) is 25.6.